The lowest BCUT2D eigenvalue weighted by atomic mass is 10.2. The molecular formula is C24H26NO4P. The summed E-state index contributed by atoms with van der Waals surface area (Å²) in [5, 5.41) is 2.91. The van der Waals surface area contributed by atoms with Gasteiger partial charge in [0.25, 0.3) is 5.91 Å². The molecule has 1 N–H and O–H groups in total. The standard InChI is InChI=1S/C24H26NO4P/c26-24(21-13-5-1-6-14-21)25-19-11-4-12-20-30(27,28-22-15-7-2-8-16-22)29-23-17-9-3-10-18-23/h1-3,5-10,13-18H,4,11-12,19-20H2,(H,25,26). The Morgan fingerprint density at radius 1 is 0.700 bits per heavy atom. The Bertz CT molecular complexity index is 903. The first-order valence-corrected chi connectivity index (χ1v) is 11.8. The van der Waals surface area contributed by atoms with Crippen molar-refractivity contribution >= 4 is 13.5 Å². The molecule has 156 valence electrons. The van der Waals surface area contributed by atoms with Gasteiger partial charge in [-0.15, -0.1) is 0 Å². The minimum Gasteiger partial charge on any atom is -0.416 e. The van der Waals surface area contributed by atoms with Crippen LogP contribution in [0.2, 0.25) is 0 Å². The fraction of sp³-hybridized carbons (Fsp3) is 0.208. The summed E-state index contributed by atoms with van der Waals surface area (Å²) in [5.74, 6) is 0.958. The summed E-state index contributed by atoms with van der Waals surface area (Å²) < 4.78 is 24.9. The molecule has 0 saturated carbocycles. The van der Waals surface area contributed by atoms with Crippen LogP contribution >= 0.6 is 7.60 Å². The third-order valence-electron chi connectivity index (χ3n) is 4.41. The Kier molecular flexibility index (Phi) is 8.10. The van der Waals surface area contributed by atoms with Crippen LogP contribution in [0.15, 0.2) is 91.0 Å². The number of amides is 1. The van der Waals surface area contributed by atoms with E-state index in [1.165, 1.54) is 0 Å². The molecule has 0 aliphatic carbocycles. The number of rotatable bonds is 11. The molecule has 6 heteroatoms. The number of hydrogen-bond donors (Lipinski definition) is 1. The highest BCUT2D eigenvalue weighted by Gasteiger charge is 2.27. The number of benzene rings is 3. The summed E-state index contributed by atoms with van der Waals surface area (Å²) in [6, 6.07) is 27.3. The molecule has 0 aliphatic rings. The van der Waals surface area contributed by atoms with Gasteiger partial charge in [0, 0.05) is 12.1 Å². The van der Waals surface area contributed by atoms with Crippen LogP contribution in [0, 0.1) is 0 Å². The molecule has 0 atom stereocenters. The number of unbranched alkanes of at least 4 members (excludes halogenated alkanes) is 2. The Balaban J connectivity index is 1.48. The van der Waals surface area contributed by atoms with E-state index in [1.807, 2.05) is 54.6 Å². The minimum absolute atomic E-state index is 0.0823. The second-order valence-electron chi connectivity index (χ2n) is 6.83. The zero-order valence-corrected chi connectivity index (χ0v) is 17.7. The summed E-state index contributed by atoms with van der Waals surface area (Å²) in [6.45, 7) is 0.567. The third-order valence-corrected chi connectivity index (χ3v) is 6.25. The van der Waals surface area contributed by atoms with Gasteiger partial charge in [0.1, 0.15) is 11.5 Å². The van der Waals surface area contributed by atoms with Crippen molar-refractivity contribution in [1.29, 1.82) is 0 Å². The third kappa shape index (κ3) is 7.09. The fourth-order valence-corrected chi connectivity index (χ4v) is 4.61. The van der Waals surface area contributed by atoms with Gasteiger partial charge in [-0.05, 0) is 49.2 Å². The molecule has 30 heavy (non-hydrogen) atoms. The Morgan fingerprint density at radius 3 is 1.73 bits per heavy atom. The average Bonchev–Trinajstić information content (AvgIpc) is 2.78. The minimum atomic E-state index is -3.37. The summed E-state index contributed by atoms with van der Waals surface area (Å²) >= 11 is 0. The van der Waals surface area contributed by atoms with Crippen LogP contribution in [0.4, 0.5) is 0 Å². The van der Waals surface area contributed by atoms with Crippen molar-refractivity contribution in [2.45, 2.75) is 19.3 Å². The van der Waals surface area contributed by atoms with Crippen molar-refractivity contribution in [3.05, 3.63) is 96.6 Å². The van der Waals surface area contributed by atoms with Gasteiger partial charge in [-0.25, -0.2) is 4.57 Å². The lowest BCUT2D eigenvalue weighted by Crippen LogP contribution is -2.24. The molecule has 0 aromatic heterocycles. The second kappa shape index (κ2) is 11.2. The van der Waals surface area contributed by atoms with Crippen LogP contribution in [-0.4, -0.2) is 18.6 Å². The number of hydrogen-bond acceptors (Lipinski definition) is 4. The van der Waals surface area contributed by atoms with Crippen molar-refractivity contribution in [3.8, 4) is 11.5 Å². The monoisotopic (exact) mass is 423 g/mol. The molecule has 3 aromatic rings. The molecule has 5 nitrogen and oxygen atoms in total. The van der Waals surface area contributed by atoms with Crippen LogP contribution in [0.25, 0.3) is 0 Å². The van der Waals surface area contributed by atoms with E-state index in [-0.39, 0.29) is 5.91 Å². The highest BCUT2D eigenvalue weighted by atomic mass is 31.2. The van der Waals surface area contributed by atoms with Crippen LogP contribution in [0.1, 0.15) is 29.6 Å². The van der Waals surface area contributed by atoms with Crippen LogP contribution in [0.5, 0.6) is 11.5 Å². The van der Waals surface area contributed by atoms with Crippen LogP contribution in [-0.2, 0) is 4.57 Å². The average molecular weight is 423 g/mol. The normalized spacial score (nSPS) is 10.9. The Morgan fingerprint density at radius 2 is 1.20 bits per heavy atom. The highest BCUT2D eigenvalue weighted by Crippen LogP contribution is 2.49. The zero-order chi connectivity index (χ0) is 21.1. The van der Waals surface area contributed by atoms with Crippen molar-refractivity contribution in [2.75, 3.05) is 12.7 Å². The van der Waals surface area contributed by atoms with Gasteiger partial charge < -0.3 is 14.4 Å². The van der Waals surface area contributed by atoms with E-state index in [0.717, 1.165) is 12.8 Å². The second-order valence-corrected chi connectivity index (χ2v) is 8.86. The van der Waals surface area contributed by atoms with Gasteiger partial charge in [-0.1, -0.05) is 61.0 Å². The largest absolute Gasteiger partial charge is 0.430 e. The summed E-state index contributed by atoms with van der Waals surface area (Å²) in [7, 11) is -3.37. The number of carbonyl (C=O) groups is 1. The van der Waals surface area contributed by atoms with Crippen molar-refractivity contribution in [2.24, 2.45) is 0 Å². The highest BCUT2D eigenvalue weighted by molar-refractivity contribution is 7.54. The van der Waals surface area contributed by atoms with E-state index < -0.39 is 7.60 Å². The molecular weight excluding hydrogens is 397 g/mol. The van der Waals surface area contributed by atoms with Gasteiger partial charge in [0.15, 0.2) is 0 Å². The van der Waals surface area contributed by atoms with Gasteiger partial charge in [-0.3, -0.25) is 4.79 Å². The first-order valence-electron chi connectivity index (χ1n) is 10.1. The van der Waals surface area contributed by atoms with E-state index in [1.54, 1.807) is 36.4 Å². The summed E-state index contributed by atoms with van der Waals surface area (Å²) in [6.07, 6.45) is 2.55. The molecule has 0 heterocycles. The van der Waals surface area contributed by atoms with Crippen molar-refractivity contribution < 1.29 is 18.4 Å². The molecule has 3 rings (SSSR count). The van der Waals surface area contributed by atoms with Gasteiger partial charge in [-0.2, -0.15) is 0 Å². The topological polar surface area (TPSA) is 64.6 Å². The quantitative estimate of drug-likeness (QED) is 0.306. The van der Waals surface area contributed by atoms with Crippen molar-refractivity contribution in [3.63, 3.8) is 0 Å². The molecule has 3 aromatic carbocycles. The van der Waals surface area contributed by atoms with Gasteiger partial charge in [0.05, 0.1) is 6.16 Å². The SMILES string of the molecule is O=C(NCCCCCP(=O)(Oc1ccccc1)Oc1ccccc1)c1ccccc1. The Labute approximate surface area is 177 Å². The summed E-state index contributed by atoms with van der Waals surface area (Å²) in [4.78, 5) is 12.0. The van der Waals surface area contributed by atoms with E-state index in [2.05, 4.69) is 5.32 Å². The predicted octanol–water partition coefficient (Wildman–Crippen LogP) is 5.94. The maximum atomic E-state index is 13.4. The summed E-state index contributed by atoms with van der Waals surface area (Å²) in [5.41, 5.74) is 0.648. The number of carbonyl (C=O) groups excluding carboxylic acids is 1. The number of para-hydroxylation sites is 2. The maximum absolute atomic E-state index is 13.4. The van der Waals surface area contributed by atoms with Crippen molar-refractivity contribution in [1.82, 2.24) is 5.32 Å². The zero-order valence-electron chi connectivity index (χ0n) is 16.8. The van der Waals surface area contributed by atoms with E-state index in [4.69, 9.17) is 9.05 Å². The molecule has 0 fully saturated rings. The lowest BCUT2D eigenvalue weighted by Gasteiger charge is -2.20. The lowest BCUT2D eigenvalue weighted by molar-refractivity contribution is 0.0953. The molecule has 0 saturated heterocycles. The van der Waals surface area contributed by atoms with Crippen LogP contribution < -0.4 is 14.4 Å². The van der Waals surface area contributed by atoms with Gasteiger partial charge in [0.2, 0.25) is 0 Å². The molecule has 0 unspecified atom stereocenters. The van der Waals surface area contributed by atoms with E-state index >= 15 is 0 Å². The first kappa shape index (κ1) is 21.7. The molecule has 0 aliphatic heterocycles. The Hall–Kier alpha value is -3.04. The fourth-order valence-electron chi connectivity index (χ4n) is 2.89. The number of nitrogens with one attached hydrogen (secondary N) is 1. The van der Waals surface area contributed by atoms with Gasteiger partial charge >= 0.3 is 7.60 Å². The molecule has 1 amide bonds. The molecule has 0 bridgehead atoms. The first-order chi connectivity index (χ1) is 14.6. The van der Waals surface area contributed by atoms with E-state index in [9.17, 15) is 9.36 Å². The van der Waals surface area contributed by atoms with E-state index in [0.29, 0.717) is 36.2 Å². The maximum Gasteiger partial charge on any atom is 0.430 e. The molecule has 0 radical (unpaired) electrons. The predicted molar refractivity (Wildman–Crippen MR) is 119 cm³/mol. The molecule has 0 spiro atoms. The van der Waals surface area contributed by atoms with Crippen LogP contribution in [0.3, 0.4) is 0 Å². The smallest absolute Gasteiger partial charge is 0.416 e.